The van der Waals surface area contributed by atoms with Crippen LogP contribution in [-0.4, -0.2) is 30.6 Å². The third-order valence-corrected chi connectivity index (χ3v) is 6.31. The molecule has 96 valence electrons. The second kappa shape index (κ2) is 3.69. The Balaban J connectivity index is 2.20. The van der Waals surface area contributed by atoms with Crippen molar-refractivity contribution >= 4 is 9.84 Å². The number of hydrogen-bond donors (Lipinski definition) is 1. The van der Waals surface area contributed by atoms with Gasteiger partial charge in [-0.3, -0.25) is 0 Å². The first-order chi connectivity index (χ1) is 7.74. The molecule has 0 bridgehead atoms. The number of aliphatic hydroxyl groups is 1. The van der Waals surface area contributed by atoms with Crippen LogP contribution in [0, 0.1) is 28.6 Å². The Kier molecular flexibility index (Phi) is 2.79. The highest BCUT2D eigenvalue weighted by atomic mass is 32.2. The second-order valence-electron chi connectivity index (χ2n) is 5.98. The molecule has 1 saturated carbocycles. The molecule has 1 aliphatic carbocycles. The summed E-state index contributed by atoms with van der Waals surface area (Å²) in [4.78, 5) is 0. The van der Waals surface area contributed by atoms with Gasteiger partial charge in [0.1, 0.15) is 5.41 Å². The van der Waals surface area contributed by atoms with Crippen LogP contribution in [0.1, 0.15) is 33.1 Å². The summed E-state index contributed by atoms with van der Waals surface area (Å²) < 4.78 is 23.1. The van der Waals surface area contributed by atoms with Gasteiger partial charge >= 0.3 is 0 Å². The lowest BCUT2D eigenvalue weighted by atomic mass is 9.55. The first kappa shape index (κ1) is 12.8. The third kappa shape index (κ3) is 1.88. The van der Waals surface area contributed by atoms with E-state index >= 15 is 0 Å². The number of rotatable bonds is 2. The highest BCUT2D eigenvalue weighted by molar-refractivity contribution is 7.91. The van der Waals surface area contributed by atoms with E-state index in [1.54, 1.807) is 0 Å². The van der Waals surface area contributed by atoms with Crippen LogP contribution >= 0.6 is 0 Å². The zero-order valence-corrected chi connectivity index (χ0v) is 11.1. The molecular formula is C12H19NO3S. The molecule has 0 aromatic carbocycles. The van der Waals surface area contributed by atoms with E-state index in [0.29, 0.717) is 24.7 Å². The van der Waals surface area contributed by atoms with Crippen molar-refractivity contribution in [3.63, 3.8) is 0 Å². The third-order valence-electron chi connectivity index (χ3n) is 4.55. The van der Waals surface area contributed by atoms with E-state index in [2.05, 4.69) is 19.9 Å². The first-order valence-corrected chi connectivity index (χ1v) is 7.90. The van der Waals surface area contributed by atoms with Gasteiger partial charge < -0.3 is 5.11 Å². The van der Waals surface area contributed by atoms with Gasteiger partial charge in [0.05, 0.1) is 23.2 Å². The van der Waals surface area contributed by atoms with Gasteiger partial charge in [-0.05, 0) is 31.1 Å². The van der Waals surface area contributed by atoms with Crippen LogP contribution in [-0.2, 0) is 9.84 Å². The Labute approximate surface area is 103 Å². The van der Waals surface area contributed by atoms with Gasteiger partial charge in [0.25, 0.3) is 0 Å². The fourth-order valence-electron chi connectivity index (χ4n) is 3.08. The average molecular weight is 257 g/mol. The van der Waals surface area contributed by atoms with Gasteiger partial charge in [-0.15, -0.1) is 0 Å². The van der Waals surface area contributed by atoms with Crippen LogP contribution < -0.4 is 0 Å². The minimum Gasteiger partial charge on any atom is -0.388 e. The Bertz CT molecular complexity index is 457. The summed E-state index contributed by atoms with van der Waals surface area (Å²) in [6.45, 7) is 4.18. The van der Waals surface area contributed by atoms with Gasteiger partial charge in [0.2, 0.25) is 0 Å². The highest BCUT2D eigenvalue weighted by Gasteiger charge is 2.62. The van der Waals surface area contributed by atoms with E-state index in [1.807, 2.05) is 0 Å². The van der Waals surface area contributed by atoms with Gasteiger partial charge in [0.15, 0.2) is 9.84 Å². The molecule has 0 radical (unpaired) electrons. The van der Waals surface area contributed by atoms with E-state index in [4.69, 9.17) is 0 Å². The van der Waals surface area contributed by atoms with Crippen LogP contribution in [0.15, 0.2) is 0 Å². The van der Waals surface area contributed by atoms with Crippen LogP contribution in [0.5, 0.6) is 0 Å². The maximum absolute atomic E-state index is 11.5. The number of nitrogens with zero attached hydrogens (tertiary/aromatic N) is 1. The normalized spacial score (nSPS) is 44.3. The molecule has 17 heavy (non-hydrogen) atoms. The number of nitriles is 1. The molecule has 2 rings (SSSR count). The number of hydrogen-bond acceptors (Lipinski definition) is 4. The largest absolute Gasteiger partial charge is 0.388 e. The lowest BCUT2D eigenvalue weighted by Gasteiger charge is -2.52. The van der Waals surface area contributed by atoms with Crippen LogP contribution in [0.25, 0.3) is 0 Å². The summed E-state index contributed by atoms with van der Waals surface area (Å²) in [5.74, 6) is 0.755. The van der Waals surface area contributed by atoms with Crippen molar-refractivity contribution in [2.24, 2.45) is 17.3 Å². The maximum Gasteiger partial charge on any atom is 0.152 e. The van der Waals surface area contributed by atoms with Gasteiger partial charge in [-0.1, -0.05) is 13.8 Å². The van der Waals surface area contributed by atoms with Crippen molar-refractivity contribution in [2.45, 2.75) is 38.7 Å². The van der Waals surface area contributed by atoms with E-state index in [1.165, 1.54) is 0 Å². The molecule has 1 unspecified atom stereocenters. The summed E-state index contributed by atoms with van der Waals surface area (Å²) in [6.07, 6.45) is 1.41. The van der Waals surface area contributed by atoms with Crippen molar-refractivity contribution < 1.29 is 13.5 Å². The van der Waals surface area contributed by atoms with Gasteiger partial charge in [0, 0.05) is 0 Å². The molecule has 4 nitrogen and oxygen atoms in total. The smallest absolute Gasteiger partial charge is 0.152 e. The monoisotopic (exact) mass is 257 g/mol. The molecular weight excluding hydrogens is 238 g/mol. The lowest BCUT2D eigenvalue weighted by Crippen LogP contribution is -2.58. The summed E-state index contributed by atoms with van der Waals surface area (Å²) in [7, 11) is -3.15. The van der Waals surface area contributed by atoms with Crippen LogP contribution in [0.3, 0.4) is 0 Å². The fourth-order valence-corrected chi connectivity index (χ4v) is 5.11. The Morgan fingerprint density at radius 3 is 2.35 bits per heavy atom. The fraction of sp³-hybridized carbons (Fsp3) is 0.917. The molecule has 5 heteroatoms. The molecule has 1 heterocycles. The Morgan fingerprint density at radius 1 is 1.41 bits per heavy atom. The zero-order chi connectivity index (χ0) is 12.9. The van der Waals surface area contributed by atoms with Crippen molar-refractivity contribution in [1.29, 1.82) is 5.26 Å². The quantitative estimate of drug-likeness (QED) is 0.804. The Morgan fingerprint density at radius 2 is 2.00 bits per heavy atom. The predicted molar refractivity (Wildman–Crippen MR) is 63.8 cm³/mol. The minimum absolute atomic E-state index is 0.0369. The summed E-state index contributed by atoms with van der Waals surface area (Å²) in [5.41, 5.74) is -2.14. The highest BCUT2D eigenvalue weighted by Crippen LogP contribution is 2.55. The molecule has 0 aromatic rings. The summed E-state index contributed by atoms with van der Waals surface area (Å²) in [6, 6.07) is 2.11. The second-order valence-corrected chi connectivity index (χ2v) is 8.16. The molecule has 1 atom stereocenters. The molecule has 0 amide bonds. The molecule has 1 N–H and O–H groups in total. The van der Waals surface area contributed by atoms with Crippen LogP contribution in [0.4, 0.5) is 0 Å². The molecule has 2 fully saturated rings. The minimum atomic E-state index is -3.15. The van der Waals surface area contributed by atoms with Crippen molar-refractivity contribution in [1.82, 2.24) is 0 Å². The van der Waals surface area contributed by atoms with E-state index in [0.717, 1.165) is 0 Å². The topological polar surface area (TPSA) is 78.2 Å². The molecule has 0 spiro atoms. The van der Waals surface area contributed by atoms with E-state index in [9.17, 15) is 18.8 Å². The molecule has 2 aliphatic rings. The lowest BCUT2D eigenvalue weighted by molar-refractivity contribution is -0.147. The van der Waals surface area contributed by atoms with Gasteiger partial charge in [-0.25, -0.2) is 8.42 Å². The summed E-state index contributed by atoms with van der Waals surface area (Å²) in [5, 5.41) is 19.8. The first-order valence-electron chi connectivity index (χ1n) is 6.08. The average Bonchev–Trinajstić information content (AvgIpc) is 2.50. The SMILES string of the molecule is CC(C)C1CC(O)(C2(C#N)CCS(=O)(=O)C2)C1. The zero-order valence-electron chi connectivity index (χ0n) is 10.3. The van der Waals surface area contributed by atoms with E-state index < -0.39 is 20.9 Å². The van der Waals surface area contributed by atoms with Crippen LogP contribution in [0.2, 0.25) is 0 Å². The predicted octanol–water partition coefficient (Wildman–Crippen LogP) is 1.11. The molecule has 1 aliphatic heterocycles. The molecule has 0 aromatic heterocycles. The van der Waals surface area contributed by atoms with Crippen molar-refractivity contribution in [3.05, 3.63) is 0 Å². The van der Waals surface area contributed by atoms with E-state index in [-0.39, 0.29) is 17.9 Å². The molecule has 1 saturated heterocycles. The maximum atomic E-state index is 11.5. The van der Waals surface area contributed by atoms with Gasteiger partial charge in [-0.2, -0.15) is 5.26 Å². The summed E-state index contributed by atoms with van der Waals surface area (Å²) >= 11 is 0. The Hall–Kier alpha value is -0.600. The number of sulfone groups is 1. The standard InChI is InChI=1S/C12H19NO3S/c1-9(2)10-5-12(14,6-10)11(7-13)3-4-17(15,16)8-11/h9-10,14H,3-6,8H2,1-2H3. The van der Waals surface area contributed by atoms with Crippen molar-refractivity contribution in [2.75, 3.05) is 11.5 Å². The van der Waals surface area contributed by atoms with Crippen molar-refractivity contribution in [3.8, 4) is 6.07 Å².